The van der Waals surface area contributed by atoms with Crippen molar-refractivity contribution in [2.75, 3.05) is 0 Å². The van der Waals surface area contributed by atoms with E-state index in [0.29, 0.717) is 11.3 Å². The molecule has 0 saturated heterocycles. The van der Waals surface area contributed by atoms with Crippen molar-refractivity contribution >= 4 is 12.2 Å². The fourth-order valence-electron chi connectivity index (χ4n) is 1.18. The van der Waals surface area contributed by atoms with Gasteiger partial charge >= 0.3 is 0 Å². The predicted molar refractivity (Wildman–Crippen MR) is 55.4 cm³/mol. The van der Waals surface area contributed by atoms with E-state index >= 15 is 0 Å². The molecular weight excluding hydrogens is 217 g/mol. The van der Waals surface area contributed by atoms with E-state index in [9.17, 15) is 9.18 Å². The van der Waals surface area contributed by atoms with Gasteiger partial charge in [0, 0.05) is 17.8 Å². The van der Waals surface area contributed by atoms with Gasteiger partial charge < -0.3 is 4.98 Å². The molecule has 0 unspecified atom stereocenters. The van der Waals surface area contributed by atoms with E-state index in [2.05, 4.69) is 15.0 Å². The van der Waals surface area contributed by atoms with E-state index in [1.807, 2.05) is 0 Å². The van der Waals surface area contributed by atoms with Gasteiger partial charge in [-0.25, -0.2) is 4.39 Å². The monoisotopic (exact) mass is 223 g/mol. The molecule has 15 heavy (non-hydrogen) atoms. The summed E-state index contributed by atoms with van der Waals surface area (Å²) in [6.07, 6.45) is 2.54. The molecule has 2 heterocycles. The quantitative estimate of drug-likeness (QED) is 0.722. The molecule has 0 aromatic carbocycles. The molecule has 76 valence electrons. The Bertz CT molecular complexity index is 576. The van der Waals surface area contributed by atoms with Gasteiger partial charge in [-0.3, -0.25) is 14.8 Å². The molecule has 0 bridgehead atoms. The van der Waals surface area contributed by atoms with Crippen LogP contribution in [0.5, 0.6) is 0 Å². The Balaban J connectivity index is 2.64. The second-order valence-electron chi connectivity index (χ2n) is 2.89. The van der Waals surface area contributed by atoms with Gasteiger partial charge in [0.25, 0.3) is 5.56 Å². The molecule has 0 radical (unpaired) electrons. The van der Waals surface area contributed by atoms with Gasteiger partial charge in [0.1, 0.15) is 5.82 Å². The molecule has 0 spiro atoms. The van der Waals surface area contributed by atoms with Crippen LogP contribution < -0.4 is 5.56 Å². The van der Waals surface area contributed by atoms with Crippen molar-refractivity contribution < 1.29 is 4.39 Å². The highest BCUT2D eigenvalue weighted by molar-refractivity contribution is 7.71. The summed E-state index contributed by atoms with van der Waals surface area (Å²) in [5.41, 5.74) is 0.584. The van der Waals surface area contributed by atoms with Crippen LogP contribution in [0.25, 0.3) is 11.3 Å². The van der Waals surface area contributed by atoms with Crippen molar-refractivity contribution in [2.24, 2.45) is 0 Å². The van der Waals surface area contributed by atoms with Gasteiger partial charge in [0.05, 0.1) is 11.9 Å². The van der Waals surface area contributed by atoms with Crippen LogP contribution in [0.1, 0.15) is 0 Å². The maximum Gasteiger partial charge on any atom is 0.252 e. The van der Waals surface area contributed by atoms with Crippen molar-refractivity contribution in [3.8, 4) is 11.3 Å². The van der Waals surface area contributed by atoms with Crippen molar-refractivity contribution in [3.05, 3.63) is 45.5 Å². The lowest BCUT2D eigenvalue weighted by Gasteiger charge is -1.99. The molecule has 2 aromatic heterocycles. The first kappa shape index (κ1) is 9.72. The highest BCUT2D eigenvalue weighted by atomic mass is 32.1. The number of nitrogens with one attached hydrogen (secondary N) is 2. The van der Waals surface area contributed by atoms with Crippen LogP contribution in [0.4, 0.5) is 4.39 Å². The minimum Gasteiger partial charge on any atom is -0.332 e. The fourth-order valence-corrected chi connectivity index (χ4v) is 1.39. The molecule has 2 aromatic rings. The van der Waals surface area contributed by atoms with Crippen LogP contribution in [0.2, 0.25) is 0 Å². The van der Waals surface area contributed by atoms with E-state index in [1.165, 1.54) is 18.3 Å². The molecular formula is C9H6FN3OS. The Morgan fingerprint density at radius 3 is 2.73 bits per heavy atom. The molecule has 0 atom stereocenters. The zero-order valence-electron chi connectivity index (χ0n) is 7.45. The minimum absolute atomic E-state index is 0.196. The van der Waals surface area contributed by atoms with Crippen molar-refractivity contribution in [1.82, 2.24) is 15.0 Å². The number of rotatable bonds is 1. The number of aromatic amines is 2. The Morgan fingerprint density at radius 1 is 1.27 bits per heavy atom. The van der Waals surface area contributed by atoms with Crippen LogP contribution in [-0.4, -0.2) is 15.0 Å². The summed E-state index contributed by atoms with van der Waals surface area (Å²) >= 11 is 4.79. The first-order valence-electron chi connectivity index (χ1n) is 4.10. The number of halogens is 1. The lowest BCUT2D eigenvalue weighted by atomic mass is 10.2. The summed E-state index contributed by atoms with van der Waals surface area (Å²) in [5, 5.41) is 0. The summed E-state index contributed by atoms with van der Waals surface area (Å²) < 4.78 is 13.1. The molecule has 4 nitrogen and oxygen atoms in total. The minimum atomic E-state index is -0.466. The summed E-state index contributed by atoms with van der Waals surface area (Å²) in [5.74, 6) is -0.466. The fraction of sp³-hybridized carbons (Fsp3) is 0. The van der Waals surface area contributed by atoms with Crippen LogP contribution in [0, 0.1) is 10.6 Å². The average Bonchev–Trinajstić information content (AvgIpc) is 2.16. The Hall–Kier alpha value is -1.82. The summed E-state index contributed by atoms with van der Waals surface area (Å²) in [6, 6.07) is 2.57. The number of aromatic nitrogens is 3. The third-order valence-corrected chi connectivity index (χ3v) is 1.98. The van der Waals surface area contributed by atoms with Gasteiger partial charge in [-0.15, -0.1) is 0 Å². The largest absolute Gasteiger partial charge is 0.332 e. The third kappa shape index (κ3) is 2.16. The molecule has 0 amide bonds. The van der Waals surface area contributed by atoms with Crippen molar-refractivity contribution in [1.29, 1.82) is 0 Å². The highest BCUT2D eigenvalue weighted by Gasteiger charge is 2.01. The SMILES string of the molecule is O=c1cc(-c2cncc(F)c2)[nH]c(=S)[nH]1. The van der Waals surface area contributed by atoms with Crippen LogP contribution in [-0.2, 0) is 0 Å². The smallest absolute Gasteiger partial charge is 0.252 e. The van der Waals surface area contributed by atoms with Crippen molar-refractivity contribution in [3.63, 3.8) is 0 Å². The molecule has 0 saturated carbocycles. The molecule has 2 N–H and O–H groups in total. The number of pyridine rings is 1. The maximum atomic E-state index is 12.9. The van der Waals surface area contributed by atoms with Gasteiger partial charge in [0.2, 0.25) is 0 Å². The summed E-state index contributed by atoms with van der Waals surface area (Å²) in [6.45, 7) is 0. The standard InChI is InChI=1S/C9H6FN3OS/c10-6-1-5(3-11-4-6)7-2-8(14)13-9(15)12-7/h1-4H,(H2,12,13,14,15). The van der Waals surface area contributed by atoms with Gasteiger partial charge in [0.15, 0.2) is 4.77 Å². The highest BCUT2D eigenvalue weighted by Crippen LogP contribution is 2.13. The lowest BCUT2D eigenvalue weighted by Crippen LogP contribution is -2.06. The molecule has 2 rings (SSSR count). The van der Waals surface area contributed by atoms with Crippen LogP contribution >= 0.6 is 12.2 Å². The van der Waals surface area contributed by atoms with Crippen LogP contribution in [0.15, 0.2) is 29.3 Å². The summed E-state index contributed by atoms with van der Waals surface area (Å²) in [7, 11) is 0. The van der Waals surface area contributed by atoms with E-state index in [-0.39, 0.29) is 10.3 Å². The first-order valence-corrected chi connectivity index (χ1v) is 4.50. The van der Waals surface area contributed by atoms with E-state index in [4.69, 9.17) is 12.2 Å². The topological polar surface area (TPSA) is 61.5 Å². The normalized spacial score (nSPS) is 10.2. The predicted octanol–water partition coefficient (Wildman–Crippen LogP) is 1.63. The lowest BCUT2D eigenvalue weighted by molar-refractivity contribution is 0.622. The van der Waals surface area contributed by atoms with Gasteiger partial charge in [-0.05, 0) is 18.3 Å². The van der Waals surface area contributed by atoms with Crippen LogP contribution in [0.3, 0.4) is 0 Å². The van der Waals surface area contributed by atoms with E-state index < -0.39 is 5.82 Å². The molecule has 0 fully saturated rings. The Morgan fingerprint density at radius 2 is 2.07 bits per heavy atom. The zero-order chi connectivity index (χ0) is 10.8. The Labute approximate surface area is 88.8 Å². The number of hydrogen-bond donors (Lipinski definition) is 2. The summed E-state index contributed by atoms with van der Waals surface area (Å²) in [4.78, 5) is 19.9. The molecule has 0 aliphatic rings. The average molecular weight is 223 g/mol. The second-order valence-corrected chi connectivity index (χ2v) is 3.30. The number of hydrogen-bond acceptors (Lipinski definition) is 3. The van der Waals surface area contributed by atoms with Gasteiger partial charge in [-0.1, -0.05) is 0 Å². The van der Waals surface area contributed by atoms with E-state index in [0.717, 1.165) is 6.20 Å². The Kier molecular flexibility index (Phi) is 2.42. The maximum absolute atomic E-state index is 12.9. The molecule has 0 aliphatic carbocycles. The number of H-pyrrole nitrogens is 2. The third-order valence-electron chi connectivity index (χ3n) is 1.78. The van der Waals surface area contributed by atoms with E-state index in [1.54, 1.807) is 0 Å². The molecule has 0 aliphatic heterocycles. The second kappa shape index (κ2) is 3.74. The first-order chi connectivity index (χ1) is 7.15. The number of nitrogens with zero attached hydrogens (tertiary/aromatic N) is 1. The van der Waals surface area contributed by atoms with Crippen molar-refractivity contribution in [2.45, 2.75) is 0 Å². The molecule has 6 heteroatoms. The van der Waals surface area contributed by atoms with Gasteiger partial charge in [-0.2, -0.15) is 0 Å². The zero-order valence-corrected chi connectivity index (χ0v) is 8.27.